The molecule has 21 heavy (non-hydrogen) atoms. The highest BCUT2D eigenvalue weighted by atomic mass is 19.1. The van der Waals surface area contributed by atoms with Crippen LogP contribution in [0.15, 0.2) is 36.7 Å². The van der Waals surface area contributed by atoms with E-state index < -0.39 is 0 Å². The van der Waals surface area contributed by atoms with Gasteiger partial charge in [0.05, 0.1) is 12.7 Å². The first-order valence-electron chi connectivity index (χ1n) is 6.77. The van der Waals surface area contributed by atoms with Crippen LogP contribution in [0.2, 0.25) is 0 Å². The Morgan fingerprint density at radius 3 is 2.86 bits per heavy atom. The monoisotopic (exact) mass is 286 g/mol. The molecule has 0 unspecified atom stereocenters. The van der Waals surface area contributed by atoms with Crippen LogP contribution < -0.4 is 10.1 Å². The van der Waals surface area contributed by atoms with Gasteiger partial charge in [-0.2, -0.15) is 0 Å². The van der Waals surface area contributed by atoms with Crippen LogP contribution in [-0.4, -0.2) is 24.0 Å². The first kappa shape index (κ1) is 13.5. The van der Waals surface area contributed by atoms with Gasteiger partial charge in [0.1, 0.15) is 11.6 Å². The zero-order valence-corrected chi connectivity index (χ0v) is 11.6. The summed E-state index contributed by atoms with van der Waals surface area (Å²) >= 11 is 0. The maximum Gasteiger partial charge on any atom is 0.253 e. The Bertz CT molecular complexity index is 684. The number of ether oxygens (including phenoxy) is 1. The summed E-state index contributed by atoms with van der Waals surface area (Å²) in [6.07, 6.45) is 5.14. The fraction of sp³-hybridized carbons (Fsp3) is 0.250. The van der Waals surface area contributed by atoms with Crippen molar-refractivity contribution < 1.29 is 13.9 Å². The minimum absolute atomic E-state index is 0.151. The van der Waals surface area contributed by atoms with Gasteiger partial charge in [0.15, 0.2) is 0 Å². The van der Waals surface area contributed by atoms with E-state index in [-0.39, 0.29) is 17.8 Å². The summed E-state index contributed by atoms with van der Waals surface area (Å²) < 4.78 is 18.7. The summed E-state index contributed by atoms with van der Waals surface area (Å²) in [7, 11) is 1.52. The molecule has 1 aliphatic rings. The van der Waals surface area contributed by atoms with Crippen LogP contribution in [0.3, 0.4) is 0 Å². The van der Waals surface area contributed by atoms with E-state index in [2.05, 4.69) is 10.3 Å². The average Bonchev–Trinajstić information content (AvgIpc) is 3.31. The van der Waals surface area contributed by atoms with Crippen molar-refractivity contribution in [2.24, 2.45) is 0 Å². The van der Waals surface area contributed by atoms with Gasteiger partial charge in [-0.15, -0.1) is 0 Å². The second-order valence-electron chi connectivity index (χ2n) is 5.05. The summed E-state index contributed by atoms with van der Waals surface area (Å²) in [4.78, 5) is 16.1. The average molecular weight is 286 g/mol. The van der Waals surface area contributed by atoms with E-state index in [1.165, 1.54) is 25.4 Å². The number of pyridine rings is 1. The zero-order valence-electron chi connectivity index (χ0n) is 11.6. The van der Waals surface area contributed by atoms with Crippen LogP contribution in [-0.2, 0) is 0 Å². The lowest BCUT2D eigenvalue weighted by Gasteiger charge is -2.10. The van der Waals surface area contributed by atoms with Crippen molar-refractivity contribution in [2.45, 2.75) is 18.9 Å². The summed E-state index contributed by atoms with van der Waals surface area (Å²) in [6, 6.07) is 6.24. The molecule has 1 aromatic carbocycles. The van der Waals surface area contributed by atoms with Crippen LogP contribution in [0.25, 0.3) is 11.1 Å². The molecule has 0 atom stereocenters. The quantitative estimate of drug-likeness (QED) is 0.940. The van der Waals surface area contributed by atoms with Gasteiger partial charge in [-0.3, -0.25) is 9.78 Å². The molecule has 1 N–H and O–H groups in total. The first-order valence-corrected chi connectivity index (χ1v) is 6.77. The molecule has 0 aliphatic heterocycles. The topological polar surface area (TPSA) is 51.2 Å². The third kappa shape index (κ3) is 3.02. The molecule has 1 saturated carbocycles. The summed E-state index contributed by atoms with van der Waals surface area (Å²) in [5.41, 5.74) is 1.69. The smallest absolute Gasteiger partial charge is 0.253 e. The predicted molar refractivity (Wildman–Crippen MR) is 76.7 cm³/mol. The maximum absolute atomic E-state index is 13.5. The van der Waals surface area contributed by atoms with Crippen molar-refractivity contribution in [3.05, 3.63) is 48.0 Å². The highest BCUT2D eigenvalue weighted by Crippen LogP contribution is 2.30. The van der Waals surface area contributed by atoms with Gasteiger partial charge in [0.25, 0.3) is 5.91 Å². The molecule has 3 rings (SSSR count). The summed E-state index contributed by atoms with van der Waals surface area (Å²) in [6.45, 7) is 0. The number of amides is 1. The lowest BCUT2D eigenvalue weighted by atomic mass is 10.0. The number of rotatable bonds is 4. The van der Waals surface area contributed by atoms with E-state index in [0.717, 1.165) is 12.8 Å². The predicted octanol–water partition coefficient (Wildman–Crippen LogP) is 2.79. The number of hydrogen-bond donors (Lipinski definition) is 1. The molecule has 1 fully saturated rings. The maximum atomic E-state index is 13.5. The third-order valence-electron chi connectivity index (χ3n) is 3.39. The SMILES string of the molecule is COc1ccc(F)cc1-c1cncc(C(=O)NC2CC2)c1. The molecule has 0 bridgehead atoms. The molecule has 0 spiro atoms. The molecular formula is C16H15FN2O2. The molecule has 5 heteroatoms. The number of carbonyl (C=O) groups is 1. The second kappa shape index (κ2) is 5.52. The standard InChI is InChI=1S/C16H15FN2O2/c1-21-15-5-2-12(17)7-14(15)10-6-11(9-18-8-10)16(20)19-13-3-4-13/h2,5-9,13H,3-4H2,1H3,(H,19,20). The molecule has 108 valence electrons. The Morgan fingerprint density at radius 1 is 1.33 bits per heavy atom. The lowest BCUT2D eigenvalue weighted by Crippen LogP contribution is -2.25. The van der Waals surface area contributed by atoms with Crippen molar-refractivity contribution in [2.75, 3.05) is 7.11 Å². The van der Waals surface area contributed by atoms with Crippen LogP contribution in [0.5, 0.6) is 5.75 Å². The van der Waals surface area contributed by atoms with Gasteiger partial charge in [-0.25, -0.2) is 4.39 Å². The van der Waals surface area contributed by atoms with Crippen molar-refractivity contribution in [3.8, 4) is 16.9 Å². The molecule has 1 aromatic heterocycles. The molecule has 1 heterocycles. The Labute approximate surface area is 122 Å². The van der Waals surface area contributed by atoms with Crippen LogP contribution >= 0.6 is 0 Å². The molecule has 2 aromatic rings. The Kier molecular flexibility index (Phi) is 3.56. The van der Waals surface area contributed by atoms with E-state index in [9.17, 15) is 9.18 Å². The number of hydrogen-bond acceptors (Lipinski definition) is 3. The first-order chi connectivity index (χ1) is 10.2. The number of halogens is 1. The number of methoxy groups -OCH3 is 1. The number of nitrogens with one attached hydrogen (secondary N) is 1. The van der Waals surface area contributed by atoms with E-state index in [1.807, 2.05) is 0 Å². The molecule has 0 radical (unpaired) electrons. The van der Waals surface area contributed by atoms with E-state index >= 15 is 0 Å². The normalized spacial score (nSPS) is 13.8. The number of benzene rings is 1. The Hall–Kier alpha value is -2.43. The highest BCUT2D eigenvalue weighted by Gasteiger charge is 2.24. The zero-order chi connectivity index (χ0) is 14.8. The van der Waals surface area contributed by atoms with Gasteiger partial charge in [0, 0.05) is 29.6 Å². The lowest BCUT2D eigenvalue weighted by molar-refractivity contribution is 0.0950. The van der Waals surface area contributed by atoms with E-state index in [0.29, 0.717) is 22.4 Å². The highest BCUT2D eigenvalue weighted by molar-refractivity contribution is 5.95. The van der Waals surface area contributed by atoms with Crippen LogP contribution in [0.1, 0.15) is 23.2 Å². The minimum atomic E-state index is -0.362. The molecule has 4 nitrogen and oxygen atoms in total. The van der Waals surface area contributed by atoms with Crippen LogP contribution in [0, 0.1) is 5.82 Å². The largest absolute Gasteiger partial charge is 0.496 e. The fourth-order valence-electron chi connectivity index (χ4n) is 2.11. The van der Waals surface area contributed by atoms with Crippen molar-refractivity contribution in [1.29, 1.82) is 0 Å². The molecule has 1 aliphatic carbocycles. The minimum Gasteiger partial charge on any atom is -0.496 e. The van der Waals surface area contributed by atoms with Gasteiger partial charge in [0.2, 0.25) is 0 Å². The van der Waals surface area contributed by atoms with Crippen molar-refractivity contribution >= 4 is 5.91 Å². The van der Waals surface area contributed by atoms with E-state index in [4.69, 9.17) is 4.74 Å². The molecular weight excluding hydrogens is 271 g/mol. The molecule has 0 saturated heterocycles. The Balaban J connectivity index is 1.95. The number of nitrogens with zero attached hydrogens (tertiary/aromatic N) is 1. The number of carbonyl (C=O) groups excluding carboxylic acids is 1. The number of aromatic nitrogens is 1. The third-order valence-corrected chi connectivity index (χ3v) is 3.39. The van der Waals surface area contributed by atoms with Gasteiger partial charge < -0.3 is 10.1 Å². The molecule has 1 amide bonds. The van der Waals surface area contributed by atoms with Gasteiger partial charge >= 0.3 is 0 Å². The van der Waals surface area contributed by atoms with E-state index in [1.54, 1.807) is 18.3 Å². The summed E-state index contributed by atoms with van der Waals surface area (Å²) in [5.74, 6) is 0.0267. The van der Waals surface area contributed by atoms with Crippen molar-refractivity contribution in [3.63, 3.8) is 0 Å². The van der Waals surface area contributed by atoms with Crippen LogP contribution in [0.4, 0.5) is 4.39 Å². The summed E-state index contributed by atoms with van der Waals surface area (Å²) in [5, 5.41) is 2.90. The second-order valence-corrected chi connectivity index (χ2v) is 5.05. The van der Waals surface area contributed by atoms with Gasteiger partial charge in [-0.1, -0.05) is 0 Å². The van der Waals surface area contributed by atoms with Crippen molar-refractivity contribution in [1.82, 2.24) is 10.3 Å². The Morgan fingerprint density at radius 2 is 2.14 bits per heavy atom. The van der Waals surface area contributed by atoms with Gasteiger partial charge in [-0.05, 0) is 37.1 Å². The fourth-order valence-corrected chi connectivity index (χ4v) is 2.11.